The lowest BCUT2D eigenvalue weighted by Gasteiger charge is -2.14. The van der Waals surface area contributed by atoms with Crippen LogP contribution in [0.2, 0.25) is 0 Å². The van der Waals surface area contributed by atoms with E-state index in [0.717, 1.165) is 0 Å². The lowest BCUT2D eigenvalue weighted by atomic mass is 10.0. The Morgan fingerprint density at radius 3 is 2.55 bits per heavy atom. The molecule has 1 aliphatic rings. The van der Waals surface area contributed by atoms with Crippen molar-refractivity contribution in [1.82, 2.24) is 0 Å². The van der Waals surface area contributed by atoms with Crippen molar-refractivity contribution in [2.45, 2.75) is 19.4 Å². The first-order chi connectivity index (χ1) is 9.35. The van der Waals surface area contributed by atoms with Gasteiger partial charge in [-0.05, 0) is 37.6 Å². The molecule has 1 fully saturated rings. The average molecular weight is 303 g/mol. The lowest BCUT2D eigenvalue weighted by Crippen LogP contribution is -2.27. The van der Waals surface area contributed by atoms with Gasteiger partial charge < -0.3 is 14.2 Å². The second kappa shape index (κ2) is 5.76. The molecule has 0 aromatic heterocycles. The Hall–Kier alpha value is -1.67. The Morgan fingerprint density at radius 1 is 1.40 bits per heavy atom. The van der Waals surface area contributed by atoms with Crippen molar-refractivity contribution in [2.75, 3.05) is 11.9 Å². The predicted molar refractivity (Wildman–Crippen MR) is 69.2 cm³/mol. The molecule has 8 heteroatoms. The van der Waals surface area contributed by atoms with E-state index in [9.17, 15) is 17.1 Å². The number of rotatable bonds is 4. The molecular formula is C12H14FNO5S. The second-order valence-electron chi connectivity index (χ2n) is 4.46. The first-order valence-electron chi connectivity index (χ1n) is 6.02. The van der Waals surface area contributed by atoms with E-state index in [1.807, 2.05) is 6.92 Å². The molecule has 2 unspecified atom stereocenters. The number of benzene rings is 1. The minimum atomic E-state index is -5.04. The van der Waals surface area contributed by atoms with Crippen molar-refractivity contribution >= 4 is 22.1 Å². The van der Waals surface area contributed by atoms with Gasteiger partial charge in [-0.25, -0.2) is 0 Å². The Balaban J connectivity index is 1.98. The number of carbonyl (C=O) groups excluding carboxylic acids is 1. The molecule has 0 aliphatic carbocycles. The van der Waals surface area contributed by atoms with Crippen molar-refractivity contribution in [1.29, 1.82) is 0 Å². The van der Waals surface area contributed by atoms with E-state index in [0.29, 0.717) is 18.7 Å². The number of hydrogen-bond donors (Lipinski definition) is 1. The van der Waals surface area contributed by atoms with Gasteiger partial charge in [-0.15, -0.1) is 0 Å². The molecule has 1 N–H and O–H groups in total. The fourth-order valence-electron chi connectivity index (χ4n) is 2.02. The summed E-state index contributed by atoms with van der Waals surface area (Å²) < 4.78 is 42.3. The molecule has 6 nitrogen and oxygen atoms in total. The Kier molecular flexibility index (Phi) is 4.24. The average Bonchev–Trinajstić information content (AvgIpc) is 2.76. The van der Waals surface area contributed by atoms with Crippen LogP contribution in [-0.2, 0) is 20.0 Å². The largest absolute Gasteiger partial charge is 0.488 e. The molecule has 1 aromatic carbocycles. The summed E-state index contributed by atoms with van der Waals surface area (Å²) in [5.74, 6) is -0.540. The number of amides is 1. The highest BCUT2D eigenvalue weighted by atomic mass is 32.3. The third kappa shape index (κ3) is 3.91. The van der Waals surface area contributed by atoms with Crippen molar-refractivity contribution in [3.8, 4) is 5.75 Å². The summed E-state index contributed by atoms with van der Waals surface area (Å²) in [4.78, 5) is 12.0. The lowest BCUT2D eigenvalue weighted by molar-refractivity contribution is -0.121. The quantitative estimate of drug-likeness (QED) is 0.855. The third-order valence-corrected chi connectivity index (χ3v) is 3.42. The van der Waals surface area contributed by atoms with Gasteiger partial charge in [-0.1, -0.05) is 3.89 Å². The first-order valence-corrected chi connectivity index (χ1v) is 7.32. The molecule has 1 aliphatic heterocycles. The van der Waals surface area contributed by atoms with Gasteiger partial charge in [0.2, 0.25) is 5.91 Å². The molecule has 110 valence electrons. The molecule has 1 heterocycles. The summed E-state index contributed by atoms with van der Waals surface area (Å²) in [6.45, 7) is 2.39. The zero-order valence-electron chi connectivity index (χ0n) is 10.7. The van der Waals surface area contributed by atoms with E-state index >= 15 is 0 Å². The maximum Gasteiger partial charge on any atom is 0.488 e. The summed E-state index contributed by atoms with van der Waals surface area (Å²) in [5, 5.41) is 2.69. The standard InChI is InChI=1S/C12H14FNO5S/c1-8-11(6-7-18-8)12(15)14-9-2-4-10(5-3-9)19-20(13,16)17/h2-5,8,11H,6-7H2,1H3,(H,14,15). The maximum atomic E-state index is 12.3. The van der Waals surface area contributed by atoms with Crippen LogP contribution in [0.1, 0.15) is 13.3 Å². The molecular weight excluding hydrogens is 289 g/mol. The van der Waals surface area contributed by atoms with Crippen LogP contribution in [0.4, 0.5) is 9.57 Å². The van der Waals surface area contributed by atoms with Gasteiger partial charge in [0.05, 0.1) is 12.0 Å². The van der Waals surface area contributed by atoms with Crippen molar-refractivity contribution in [3.05, 3.63) is 24.3 Å². The molecule has 2 rings (SSSR count). The highest BCUT2D eigenvalue weighted by molar-refractivity contribution is 7.81. The second-order valence-corrected chi connectivity index (χ2v) is 5.41. The van der Waals surface area contributed by atoms with Crippen LogP contribution in [-0.4, -0.2) is 27.0 Å². The van der Waals surface area contributed by atoms with E-state index in [-0.39, 0.29) is 23.7 Å². The Bertz CT molecular complexity index is 586. The summed E-state index contributed by atoms with van der Waals surface area (Å²) in [5.41, 5.74) is 0.470. The SMILES string of the molecule is CC1OCCC1C(=O)Nc1ccc(OS(=O)(=O)F)cc1. The van der Waals surface area contributed by atoms with Gasteiger partial charge in [0.15, 0.2) is 0 Å². The minimum absolute atomic E-state index is 0.130. The van der Waals surface area contributed by atoms with Crippen molar-refractivity contribution in [3.63, 3.8) is 0 Å². The number of halogens is 1. The number of nitrogens with one attached hydrogen (secondary N) is 1. The molecule has 0 radical (unpaired) electrons. The zero-order valence-corrected chi connectivity index (χ0v) is 11.5. The van der Waals surface area contributed by atoms with Gasteiger partial charge in [0.25, 0.3) is 0 Å². The maximum absolute atomic E-state index is 12.3. The van der Waals surface area contributed by atoms with Crippen molar-refractivity contribution < 1.29 is 26.0 Å². The molecule has 1 saturated heterocycles. The van der Waals surface area contributed by atoms with Crippen LogP contribution < -0.4 is 9.50 Å². The highest BCUT2D eigenvalue weighted by Gasteiger charge is 2.30. The van der Waals surface area contributed by atoms with Crippen LogP contribution in [0.25, 0.3) is 0 Å². The van der Waals surface area contributed by atoms with E-state index in [1.54, 1.807) is 0 Å². The smallest absolute Gasteiger partial charge is 0.378 e. The highest BCUT2D eigenvalue weighted by Crippen LogP contribution is 2.23. The third-order valence-electron chi connectivity index (χ3n) is 3.03. The van der Waals surface area contributed by atoms with Crippen LogP contribution in [0, 0.1) is 5.92 Å². The molecule has 0 bridgehead atoms. The summed E-state index contributed by atoms with van der Waals surface area (Å²) in [7, 11) is -5.04. The van der Waals surface area contributed by atoms with Gasteiger partial charge in [-0.2, -0.15) is 8.42 Å². The molecule has 1 aromatic rings. The number of anilines is 1. The van der Waals surface area contributed by atoms with Crippen LogP contribution in [0.5, 0.6) is 5.75 Å². The van der Waals surface area contributed by atoms with Gasteiger partial charge >= 0.3 is 10.5 Å². The summed E-state index contributed by atoms with van der Waals surface area (Å²) in [6.07, 6.45) is 0.531. The fourth-order valence-corrected chi connectivity index (χ4v) is 2.36. The van der Waals surface area contributed by atoms with Gasteiger partial charge in [0.1, 0.15) is 5.75 Å². The monoisotopic (exact) mass is 303 g/mol. The van der Waals surface area contributed by atoms with Crippen LogP contribution >= 0.6 is 0 Å². The molecule has 0 saturated carbocycles. The van der Waals surface area contributed by atoms with Crippen LogP contribution in [0.3, 0.4) is 0 Å². The molecule has 20 heavy (non-hydrogen) atoms. The molecule has 0 spiro atoms. The Morgan fingerprint density at radius 2 is 2.05 bits per heavy atom. The predicted octanol–water partition coefficient (Wildman–Crippen LogP) is 1.64. The van der Waals surface area contributed by atoms with Crippen LogP contribution in [0.15, 0.2) is 24.3 Å². The van der Waals surface area contributed by atoms with Gasteiger partial charge in [0, 0.05) is 12.3 Å². The van der Waals surface area contributed by atoms with E-state index in [4.69, 9.17) is 4.74 Å². The van der Waals surface area contributed by atoms with E-state index < -0.39 is 10.5 Å². The topological polar surface area (TPSA) is 81.7 Å². The zero-order chi connectivity index (χ0) is 14.8. The normalized spacial score (nSPS) is 22.5. The van der Waals surface area contributed by atoms with Crippen molar-refractivity contribution in [2.24, 2.45) is 5.92 Å². The van der Waals surface area contributed by atoms with E-state index in [1.165, 1.54) is 24.3 Å². The number of ether oxygens (including phenoxy) is 1. The Labute approximate surface area is 116 Å². The van der Waals surface area contributed by atoms with Gasteiger partial charge in [-0.3, -0.25) is 4.79 Å². The number of carbonyl (C=O) groups is 1. The summed E-state index contributed by atoms with van der Waals surface area (Å²) in [6, 6.07) is 5.36. The summed E-state index contributed by atoms with van der Waals surface area (Å²) >= 11 is 0. The first kappa shape index (κ1) is 14.7. The minimum Gasteiger partial charge on any atom is -0.378 e. The van der Waals surface area contributed by atoms with E-state index in [2.05, 4.69) is 9.50 Å². The fraction of sp³-hybridized carbons (Fsp3) is 0.417. The molecule has 1 amide bonds. The molecule has 2 atom stereocenters. The number of hydrogen-bond acceptors (Lipinski definition) is 5.